The van der Waals surface area contributed by atoms with E-state index in [-0.39, 0.29) is 12.4 Å². The molecule has 1 aliphatic heterocycles. The highest BCUT2D eigenvalue weighted by atomic mass is 35.5. The first kappa shape index (κ1) is 19.8. The Kier molecular flexibility index (Phi) is 5.84. The maximum atomic E-state index is 13.8. The predicted octanol–water partition coefficient (Wildman–Crippen LogP) is 4.36. The quantitative estimate of drug-likeness (QED) is 0.762. The number of carboxylic acids is 1. The van der Waals surface area contributed by atoms with E-state index in [0.29, 0.717) is 30.2 Å². The van der Waals surface area contributed by atoms with Gasteiger partial charge in [0.05, 0.1) is 13.2 Å². The molecular formula is C21H23ClFNO3. The molecule has 0 saturated heterocycles. The van der Waals surface area contributed by atoms with E-state index in [9.17, 15) is 9.18 Å². The van der Waals surface area contributed by atoms with Crippen LogP contribution in [0.25, 0.3) is 0 Å². The number of hydrogen-bond donors (Lipinski definition) is 1. The first-order valence-corrected chi connectivity index (χ1v) is 9.29. The molecule has 0 saturated carbocycles. The lowest BCUT2D eigenvalue weighted by molar-refractivity contribution is -0.138. The molecule has 0 spiro atoms. The number of carbonyl (C=O) groups is 1. The largest absolute Gasteiger partial charge is 0.480 e. The van der Waals surface area contributed by atoms with Gasteiger partial charge in [-0.25, -0.2) is 4.39 Å². The van der Waals surface area contributed by atoms with Gasteiger partial charge in [-0.05, 0) is 79.9 Å². The molecule has 6 heteroatoms. The number of rotatable bonds is 7. The lowest BCUT2D eigenvalue weighted by Gasteiger charge is -2.31. The summed E-state index contributed by atoms with van der Waals surface area (Å²) in [7, 11) is 1.78. The highest BCUT2D eigenvalue weighted by molar-refractivity contribution is 6.30. The Labute approximate surface area is 163 Å². The topological polar surface area (TPSA) is 49.8 Å². The standard InChI is InChI=1S/C21H23ClFNO3/c1-14-10-16(5-7-19(14)23)21(8-3-9-24(2)12-20(25)26)18-11-17(22)6-4-15(18)13-27-21/h4-7,10-11H,3,8-9,12-13H2,1-2H3,(H,25,26). The number of carboxylic acid groups (broad SMARTS) is 1. The number of aryl methyl sites for hydroxylation is 1. The Morgan fingerprint density at radius 3 is 2.81 bits per heavy atom. The zero-order valence-corrected chi connectivity index (χ0v) is 16.2. The second-order valence-corrected chi connectivity index (χ2v) is 7.55. The number of likely N-dealkylation sites (N-methyl/N-ethyl adjacent to an activating group) is 1. The minimum Gasteiger partial charge on any atom is -0.480 e. The molecule has 2 aromatic rings. The van der Waals surface area contributed by atoms with E-state index in [1.807, 2.05) is 24.3 Å². The Morgan fingerprint density at radius 1 is 1.33 bits per heavy atom. The van der Waals surface area contributed by atoms with Crippen LogP contribution >= 0.6 is 11.6 Å². The van der Waals surface area contributed by atoms with E-state index >= 15 is 0 Å². The van der Waals surface area contributed by atoms with E-state index in [1.54, 1.807) is 24.9 Å². The van der Waals surface area contributed by atoms with Crippen molar-refractivity contribution in [1.82, 2.24) is 4.90 Å². The van der Waals surface area contributed by atoms with Crippen molar-refractivity contribution in [2.24, 2.45) is 0 Å². The normalized spacial score (nSPS) is 18.7. The molecule has 0 amide bonds. The summed E-state index contributed by atoms with van der Waals surface area (Å²) in [5, 5.41) is 9.55. The van der Waals surface area contributed by atoms with Crippen molar-refractivity contribution in [3.05, 3.63) is 69.5 Å². The number of hydrogen-bond acceptors (Lipinski definition) is 3. The molecule has 0 bridgehead atoms. The number of aliphatic carboxylic acids is 1. The van der Waals surface area contributed by atoms with Crippen LogP contribution in [0.15, 0.2) is 36.4 Å². The SMILES string of the molecule is Cc1cc(C2(CCCN(C)CC(=O)O)OCc3ccc(Cl)cc32)ccc1F. The number of nitrogens with zero attached hydrogens (tertiary/aromatic N) is 1. The van der Waals surface area contributed by atoms with Gasteiger partial charge < -0.3 is 9.84 Å². The molecule has 1 N–H and O–H groups in total. The van der Waals surface area contributed by atoms with Gasteiger partial charge in [0.2, 0.25) is 0 Å². The van der Waals surface area contributed by atoms with Crippen molar-refractivity contribution in [2.75, 3.05) is 20.1 Å². The average molecular weight is 392 g/mol. The number of halogens is 2. The molecular weight excluding hydrogens is 369 g/mol. The van der Waals surface area contributed by atoms with Gasteiger partial charge in [-0.2, -0.15) is 0 Å². The zero-order chi connectivity index (χ0) is 19.6. The highest BCUT2D eigenvalue weighted by Crippen LogP contribution is 2.46. The summed E-state index contributed by atoms with van der Waals surface area (Å²) in [6.45, 7) is 2.81. The van der Waals surface area contributed by atoms with E-state index in [1.165, 1.54) is 6.07 Å². The van der Waals surface area contributed by atoms with Gasteiger partial charge in [0.1, 0.15) is 11.4 Å². The maximum absolute atomic E-state index is 13.8. The summed E-state index contributed by atoms with van der Waals surface area (Å²) in [6.07, 6.45) is 1.38. The summed E-state index contributed by atoms with van der Waals surface area (Å²) >= 11 is 6.25. The van der Waals surface area contributed by atoms with Crippen molar-refractivity contribution in [3.63, 3.8) is 0 Å². The molecule has 4 nitrogen and oxygen atoms in total. The van der Waals surface area contributed by atoms with Gasteiger partial charge in [0, 0.05) is 5.02 Å². The minimum absolute atomic E-state index is 0.00801. The molecule has 0 aromatic heterocycles. The second-order valence-electron chi connectivity index (χ2n) is 7.12. The van der Waals surface area contributed by atoms with Crippen LogP contribution < -0.4 is 0 Å². The van der Waals surface area contributed by atoms with Crippen molar-refractivity contribution < 1.29 is 19.0 Å². The molecule has 144 valence electrons. The first-order chi connectivity index (χ1) is 12.8. The second kappa shape index (κ2) is 7.97. The number of fused-ring (bicyclic) bond motifs is 1. The van der Waals surface area contributed by atoms with Crippen LogP contribution in [0.4, 0.5) is 4.39 Å². The fourth-order valence-electron chi connectivity index (χ4n) is 3.72. The average Bonchev–Trinajstić information content (AvgIpc) is 2.96. The van der Waals surface area contributed by atoms with Gasteiger partial charge in [0.25, 0.3) is 0 Å². The zero-order valence-electron chi connectivity index (χ0n) is 15.5. The fraction of sp³-hybridized carbons (Fsp3) is 0.381. The summed E-state index contributed by atoms with van der Waals surface area (Å²) in [5.41, 5.74) is 2.82. The molecule has 0 fully saturated rings. The van der Waals surface area contributed by atoms with Crippen LogP contribution in [0.3, 0.4) is 0 Å². The van der Waals surface area contributed by atoms with Gasteiger partial charge >= 0.3 is 5.97 Å². The van der Waals surface area contributed by atoms with Crippen molar-refractivity contribution >= 4 is 17.6 Å². The number of benzene rings is 2. The molecule has 0 aliphatic carbocycles. The Morgan fingerprint density at radius 2 is 2.11 bits per heavy atom. The molecule has 27 heavy (non-hydrogen) atoms. The predicted molar refractivity (Wildman–Crippen MR) is 103 cm³/mol. The van der Waals surface area contributed by atoms with E-state index in [0.717, 1.165) is 23.1 Å². The highest BCUT2D eigenvalue weighted by Gasteiger charge is 2.41. The van der Waals surface area contributed by atoms with Crippen molar-refractivity contribution in [3.8, 4) is 0 Å². The van der Waals surface area contributed by atoms with Crippen LogP contribution in [0.2, 0.25) is 5.02 Å². The third kappa shape index (κ3) is 4.15. The lowest BCUT2D eigenvalue weighted by atomic mass is 9.81. The van der Waals surface area contributed by atoms with Crippen molar-refractivity contribution in [2.45, 2.75) is 32.0 Å². The maximum Gasteiger partial charge on any atom is 0.317 e. The van der Waals surface area contributed by atoms with Crippen LogP contribution in [0.1, 0.15) is 35.1 Å². The monoisotopic (exact) mass is 391 g/mol. The molecule has 1 aliphatic rings. The molecule has 0 radical (unpaired) electrons. The van der Waals surface area contributed by atoms with Crippen LogP contribution in [0.5, 0.6) is 0 Å². The third-order valence-corrected chi connectivity index (χ3v) is 5.31. The van der Waals surface area contributed by atoms with Crippen molar-refractivity contribution in [1.29, 1.82) is 0 Å². The number of ether oxygens (including phenoxy) is 1. The van der Waals surface area contributed by atoms with E-state index < -0.39 is 11.6 Å². The minimum atomic E-state index is -0.851. The summed E-state index contributed by atoms with van der Waals surface area (Å²) in [4.78, 5) is 12.6. The van der Waals surface area contributed by atoms with E-state index in [2.05, 4.69) is 0 Å². The van der Waals surface area contributed by atoms with E-state index in [4.69, 9.17) is 21.4 Å². The smallest absolute Gasteiger partial charge is 0.317 e. The fourth-order valence-corrected chi connectivity index (χ4v) is 3.90. The van der Waals surface area contributed by atoms with Crippen LogP contribution in [-0.4, -0.2) is 36.1 Å². The Balaban J connectivity index is 1.93. The van der Waals surface area contributed by atoms with Crippen LogP contribution in [0, 0.1) is 12.7 Å². The molecule has 1 unspecified atom stereocenters. The third-order valence-electron chi connectivity index (χ3n) is 5.08. The van der Waals surface area contributed by atoms with Gasteiger partial charge in [-0.15, -0.1) is 0 Å². The molecule has 2 aromatic carbocycles. The Hall–Kier alpha value is -1.95. The summed E-state index contributed by atoms with van der Waals surface area (Å²) in [6, 6.07) is 10.8. The van der Waals surface area contributed by atoms with Gasteiger partial charge in [-0.1, -0.05) is 23.7 Å². The Bertz CT molecular complexity index is 857. The lowest BCUT2D eigenvalue weighted by Crippen LogP contribution is -2.31. The molecule has 1 heterocycles. The molecule has 1 atom stereocenters. The molecule has 3 rings (SSSR count). The first-order valence-electron chi connectivity index (χ1n) is 8.91. The van der Waals surface area contributed by atoms with Gasteiger partial charge in [0.15, 0.2) is 0 Å². The van der Waals surface area contributed by atoms with Gasteiger partial charge in [-0.3, -0.25) is 9.69 Å². The summed E-state index contributed by atoms with van der Waals surface area (Å²) < 4.78 is 20.1. The van der Waals surface area contributed by atoms with Crippen LogP contribution in [-0.2, 0) is 21.7 Å². The summed E-state index contributed by atoms with van der Waals surface area (Å²) in [5.74, 6) is -1.10.